The molecule has 0 heterocycles. The summed E-state index contributed by atoms with van der Waals surface area (Å²) < 4.78 is 6.89. The topological polar surface area (TPSA) is 21.3 Å². The van der Waals surface area contributed by atoms with E-state index in [1.54, 1.807) is 0 Å². The van der Waals surface area contributed by atoms with E-state index < -0.39 is 0 Å². The van der Waals surface area contributed by atoms with Gasteiger partial charge in [0.25, 0.3) is 0 Å². The maximum Gasteiger partial charge on any atom is 0.0810 e. The van der Waals surface area contributed by atoms with Gasteiger partial charge in [-0.1, -0.05) is 65.7 Å². The van der Waals surface area contributed by atoms with Crippen LogP contribution in [-0.4, -0.2) is 24.3 Å². The second kappa shape index (κ2) is 8.53. The first kappa shape index (κ1) is 17.3. The molecule has 2 saturated carbocycles. The van der Waals surface area contributed by atoms with Crippen molar-refractivity contribution in [3.8, 4) is 0 Å². The summed E-state index contributed by atoms with van der Waals surface area (Å²) in [6, 6.07) is 0.557. The van der Waals surface area contributed by atoms with Gasteiger partial charge >= 0.3 is 0 Å². The average molecular weight is 296 g/mol. The smallest absolute Gasteiger partial charge is 0.0810 e. The van der Waals surface area contributed by atoms with Gasteiger partial charge in [-0.05, 0) is 31.6 Å². The number of nitrogens with one attached hydrogen (secondary N) is 1. The van der Waals surface area contributed by atoms with Crippen molar-refractivity contribution in [2.45, 2.75) is 109 Å². The van der Waals surface area contributed by atoms with E-state index in [0.717, 1.165) is 12.5 Å². The lowest BCUT2D eigenvalue weighted by molar-refractivity contribution is -0.133. The molecule has 0 bridgehead atoms. The highest BCUT2D eigenvalue weighted by Gasteiger charge is 2.37. The minimum Gasteiger partial charge on any atom is -0.370 e. The van der Waals surface area contributed by atoms with E-state index in [2.05, 4.69) is 26.1 Å². The summed E-state index contributed by atoms with van der Waals surface area (Å²) in [6.07, 6.45) is 15.3. The van der Waals surface area contributed by atoms with E-state index >= 15 is 0 Å². The minimum absolute atomic E-state index is 0.121. The molecule has 2 atom stereocenters. The highest BCUT2D eigenvalue weighted by molar-refractivity contribution is 4.89. The molecule has 2 aliphatic rings. The molecule has 2 rings (SSSR count). The third-order valence-electron chi connectivity index (χ3n) is 5.61. The summed E-state index contributed by atoms with van der Waals surface area (Å²) >= 11 is 0. The van der Waals surface area contributed by atoms with E-state index in [1.165, 1.54) is 70.6 Å². The number of rotatable bonds is 6. The Morgan fingerprint density at radius 3 is 2.29 bits per heavy atom. The lowest BCUT2D eigenvalue weighted by Crippen LogP contribution is -2.48. The molecular weight excluding hydrogens is 258 g/mol. The normalized spacial score (nSPS) is 30.3. The van der Waals surface area contributed by atoms with Gasteiger partial charge in [0.1, 0.15) is 0 Å². The van der Waals surface area contributed by atoms with Crippen molar-refractivity contribution in [1.82, 2.24) is 5.32 Å². The van der Waals surface area contributed by atoms with Gasteiger partial charge in [0, 0.05) is 12.6 Å². The van der Waals surface area contributed by atoms with E-state index in [-0.39, 0.29) is 5.60 Å². The average Bonchev–Trinajstić information content (AvgIpc) is 2.72. The summed E-state index contributed by atoms with van der Waals surface area (Å²) in [7, 11) is 0. The van der Waals surface area contributed by atoms with Crippen molar-refractivity contribution >= 4 is 0 Å². The van der Waals surface area contributed by atoms with Gasteiger partial charge in [-0.25, -0.2) is 0 Å². The van der Waals surface area contributed by atoms with Crippen LogP contribution in [0.4, 0.5) is 0 Å². The molecule has 0 aliphatic heterocycles. The Morgan fingerprint density at radius 2 is 1.67 bits per heavy atom. The van der Waals surface area contributed by atoms with Crippen molar-refractivity contribution in [3.05, 3.63) is 0 Å². The standard InChI is InChI=1S/C19H37NO/c1-4-17-11-7-8-12-18(17)21-19(15-20-16(2)3)13-9-5-6-10-14-19/h16-18,20H,4-15H2,1-3H3. The van der Waals surface area contributed by atoms with Crippen molar-refractivity contribution in [3.63, 3.8) is 0 Å². The molecule has 2 fully saturated rings. The minimum atomic E-state index is 0.121. The van der Waals surface area contributed by atoms with Gasteiger partial charge in [-0.15, -0.1) is 0 Å². The summed E-state index contributed by atoms with van der Waals surface area (Å²) in [5.41, 5.74) is 0.121. The van der Waals surface area contributed by atoms with E-state index in [4.69, 9.17) is 4.74 Å². The maximum atomic E-state index is 6.89. The largest absolute Gasteiger partial charge is 0.370 e. The first-order valence-corrected chi connectivity index (χ1v) is 9.56. The quantitative estimate of drug-likeness (QED) is 0.691. The molecule has 0 amide bonds. The molecule has 0 aromatic rings. The van der Waals surface area contributed by atoms with Crippen LogP contribution in [0.25, 0.3) is 0 Å². The molecule has 124 valence electrons. The van der Waals surface area contributed by atoms with E-state index in [1.807, 2.05) is 0 Å². The lowest BCUT2D eigenvalue weighted by atomic mass is 9.83. The Bertz CT molecular complexity index is 281. The molecule has 21 heavy (non-hydrogen) atoms. The molecule has 1 N–H and O–H groups in total. The van der Waals surface area contributed by atoms with Gasteiger partial charge in [0.2, 0.25) is 0 Å². The highest BCUT2D eigenvalue weighted by atomic mass is 16.5. The Kier molecular flexibility index (Phi) is 7.01. The number of hydrogen-bond acceptors (Lipinski definition) is 2. The second-order valence-corrected chi connectivity index (χ2v) is 7.74. The van der Waals surface area contributed by atoms with Crippen LogP contribution in [0.5, 0.6) is 0 Å². The van der Waals surface area contributed by atoms with Gasteiger partial charge in [-0.2, -0.15) is 0 Å². The summed E-state index contributed by atoms with van der Waals surface area (Å²) in [6.45, 7) is 7.90. The molecule has 0 aromatic carbocycles. The second-order valence-electron chi connectivity index (χ2n) is 7.74. The molecule has 2 heteroatoms. The van der Waals surface area contributed by atoms with Gasteiger partial charge in [0.15, 0.2) is 0 Å². The van der Waals surface area contributed by atoms with Crippen LogP contribution in [0.1, 0.15) is 91.4 Å². The Labute approximate surface area is 132 Å². The van der Waals surface area contributed by atoms with Gasteiger partial charge < -0.3 is 10.1 Å². The summed E-state index contributed by atoms with van der Waals surface area (Å²) in [5.74, 6) is 0.804. The van der Waals surface area contributed by atoms with Crippen molar-refractivity contribution < 1.29 is 4.74 Å². The first-order valence-electron chi connectivity index (χ1n) is 9.56. The molecule has 2 aliphatic carbocycles. The van der Waals surface area contributed by atoms with Gasteiger partial charge in [0.05, 0.1) is 11.7 Å². The fourth-order valence-corrected chi connectivity index (χ4v) is 4.22. The predicted octanol–water partition coefficient (Wildman–Crippen LogP) is 5.06. The van der Waals surface area contributed by atoms with Crippen LogP contribution in [0.3, 0.4) is 0 Å². The van der Waals surface area contributed by atoms with Crippen molar-refractivity contribution in [1.29, 1.82) is 0 Å². The van der Waals surface area contributed by atoms with Gasteiger partial charge in [-0.3, -0.25) is 0 Å². The van der Waals surface area contributed by atoms with Crippen LogP contribution in [0.2, 0.25) is 0 Å². The molecule has 0 aromatic heterocycles. The molecule has 0 saturated heterocycles. The van der Waals surface area contributed by atoms with E-state index in [0.29, 0.717) is 12.1 Å². The zero-order valence-corrected chi connectivity index (χ0v) is 14.6. The van der Waals surface area contributed by atoms with Crippen molar-refractivity contribution in [2.75, 3.05) is 6.54 Å². The Balaban J connectivity index is 2.02. The van der Waals surface area contributed by atoms with Crippen LogP contribution >= 0.6 is 0 Å². The highest BCUT2D eigenvalue weighted by Crippen LogP contribution is 2.37. The molecule has 0 spiro atoms. The Morgan fingerprint density at radius 1 is 1.00 bits per heavy atom. The molecule has 0 radical (unpaired) electrons. The SMILES string of the molecule is CCC1CCCCC1OC1(CNC(C)C)CCCCCC1. The predicted molar refractivity (Wildman–Crippen MR) is 90.7 cm³/mol. The monoisotopic (exact) mass is 295 g/mol. The van der Waals surface area contributed by atoms with E-state index in [9.17, 15) is 0 Å². The van der Waals surface area contributed by atoms with Crippen LogP contribution < -0.4 is 5.32 Å². The summed E-state index contributed by atoms with van der Waals surface area (Å²) in [4.78, 5) is 0. The third kappa shape index (κ3) is 5.25. The molecule has 2 nitrogen and oxygen atoms in total. The van der Waals surface area contributed by atoms with Crippen molar-refractivity contribution in [2.24, 2.45) is 5.92 Å². The van der Waals surface area contributed by atoms with Crippen LogP contribution in [-0.2, 0) is 4.74 Å². The zero-order chi connectivity index (χ0) is 15.1. The molecule has 2 unspecified atom stereocenters. The first-order chi connectivity index (χ1) is 10.2. The molecular formula is C19H37NO. The Hall–Kier alpha value is -0.0800. The maximum absolute atomic E-state index is 6.89. The fraction of sp³-hybridized carbons (Fsp3) is 1.00. The van der Waals surface area contributed by atoms with Crippen LogP contribution in [0, 0.1) is 5.92 Å². The summed E-state index contributed by atoms with van der Waals surface area (Å²) in [5, 5.41) is 3.68. The van der Waals surface area contributed by atoms with Crippen LogP contribution in [0.15, 0.2) is 0 Å². The lowest BCUT2D eigenvalue weighted by Gasteiger charge is -2.42. The fourth-order valence-electron chi connectivity index (χ4n) is 4.22. The number of ether oxygens (including phenoxy) is 1. The third-order valence-corrected chi connectivity index (χ3v) is 5.61. The number of hydrogen-bond donors (Lipinski definition) is 1. The zero-order valence-electron chi connectivity index (χ0n) is 14.6.